The Bertz CT molecular complexity index is 530. The summed E-state index contributed by atoms with van der Waals surface area (Å²) in [6.45, 7) is 6.64. The number of anilines is 1. The lowest BCUT2D eigenvalue weighted by molar-refractivity contribution is -0.0583. The first-order valence-electron chi connectivity index (χ1n) is 6.44. The Morgan fingerprint density at radius 2 is 2.11 bits per heavy atom. The summed E-state index contributed by atoms with van der Waals surface area (Å²) in [5, 5.41) is 10.5. The molecule has 0 saturated heterocycles. The monoisotopic (exact) mass is 265 g/mol. The van der Waals surface area contributed by atoms with Gasteiger partial charge in [-0.05, 0) is 19.8 Å². The van der Waals surface area contributed by atoms with E-state index in [4.69, 9.17) is 15.0 Å². The minimum absolute atomic E-state index is 0.354. The molecular weight excluding hydrogens is 246 g/mol. The number of aromatic amines is 1. The second kappa shape index (κ2) is 5.40. The summed E-state index contributed by atoms with van der Waals surface area (Å²) in [7, 11) is 0. The highest BCUT2D eigenvalue weighted by Gasteiger charge is 2.34. The largest absolute Gasteiger partial charge is 0.383 e. The number of nitrogens with two attached hydrogens (primary N) is 1. The normalized spacial score (nSPS) is 11.9. The Kier molecular flexibility index (Phi) is 3.84. The second-order valence-corrected chi connectivity index (χ2v) is 4.25. The summed E-state index contributed by atoms with van der Waals surface area (Å²) in [6, 6.07) is 0. The molecule has 0 aliphatic heterocycles. The standard InChI is InChI=1S/C12H19N5O2/c1-4-12(5-2,18-6-3)11-15-10(19-17-11)8-7-14-16-9(8)13/h7H,4-6H2,1-3H3,(H3,13,14,16). The molecular formula is C12H19N5O2. The van der Waals surface area contributed by atoms with Gasteiger partial charge in [0, 0.05) is 6.61 Å². The van der Waals surface area contributed by atoms with Crippen molar-refractivity contribution in [2.75, 3.05) is 12.3 Å². The molecule has 0 atom stereocenters. The summed E-state index contributed by atoms with van der Waals surface area (Å²) in [5.41, 5.74) is 5.84. The van der Waals surface area contributed by atoms with E-state index in [1.807, 2.05) is 20.8 Å². The fraction of sp³-hybridized carbons (Fsp3) is 0.583. The number of hydrogen-bond donors (Lipinski definition) is 2. The molecule has 0 aliphatic rings. The molecule has 104 valence electrons. The van der Waals surface area contributed by atoms with Crippen LogP contribution in [-0.4, -0.2) is 26.9 Å². The highest BCUT2D eigenvalue weighted by molar-refractivity contribution is 5.65. The zero-order valence-corrected chi connectivity index (χ0v) is 11.4. The predicted molar refractivity (Wildman–Crippen MR) is 70.2 cm³/mol. The average Bonchev–Trinajstić information content (AvgIpc) is 3.04. The SMILES string of the molecule is CCOC(CC)(CC)c1noc(-c2cn[nH]c2N)n1. The summed E-state index contributed by atoms with van der Waals surface area (Å²) >= 11 is 0. The Morgan fingerprint density at radius 1 is 1.37 bits per heavy atom. The van der Waals surface area contributed by atoms with Gasteiger partial charge in [0.15, 0.2) is 0 Å². The van der Waals surface area contributed by atoms with Gasteiger partial charge in [-0.15, -0.1) is 0 Å². The van der Waals surface area contributed by atoms with Gasteiger partial charge in [-0.2, -0.15) is 10.1 Å². The van der Waals surface area contributed by atoms with E-state index in [-0.39, 0.29) is 0 Å². The second-order valence-electron chi connectivity index (χ2n) is 4.25. The smallest absolute Gasteiger partial charge is 0.263 e. The van der Waals surface area contributed by atoms with Gasteiger partial charge in [0.05, 0.1) is 6.20 Å². The highest BCUT2D eigenvalue weighted by Crippen LogP contribution is 2.32. The molecule has 19 heavy (non-hydrogen) atoms. The molecule has 0 aromatic carbocycles. The number of hydrogen-bond acceptors (Lipinski definition) is 6. The molecule has 2 heterocycles. The van der Waals surface area contributed by atoms with Crippen molar-refractivity contribution in [3.63, 3.8) is 0 Å². The van der Waals surface area contributed by atoms with Gasteiger partial charge in [-0.3, -0.25) is 5.10 Å². The lowest BCUT2D eigenvalue weighted by Crippen LogP contribution is -2.29. The lowest BCUT2D eigenvalue weighted by atomic mass is 9.96. The molecule has 0 radical (unpaired) electrons. The number of nitrogens with zero attached hydrogens (tertiary/aromatic N) is 3. The van der Waals surface area contributed by atoms with Crippen LogP contribution in [0.1, 0.15) is 39.4 Å². The lowest BCUT2D eigenvalue weighted by Gasteiger charge is -2.27. The molecule has 2 rings (SSSR count). The number of ether oxygens (including phenoxy) is 1. The number of aromatic nitrogens is 4. The van der Waals surface area contributed by atoms with Crippen molar-refractivity contribution >= 4 is 5.82 Å². The van der Waals surface area contributed by atoms with Crippen LogP contribution in [0.5, 0.6) is 0 Å². The van der Waals surface area contributed by atoms with Crippen LogP contribution in [0.15, 0.2) is 10.7 Å². The Balaban J connectivity index is 2.36. The van der Waals surface area contributed by atoms with Crippen molar-refractivity contribution in [3.05, 3.63) is 12.0 Å². The van der Waals surface area contributed by atoms with E-state index in [1.54, 1.807) is 6.20 Å². The molecule has 0 saturated carbocycles. The van der Waals surface area contributed by atoms with Gasteiger partial charge in [-0.25, -0.2) is 0 Å². The van der Waals surface area contributed by atoms with Crippen molar-refractivity contribution in [2.45, 2.75) is 39.2 Å². The average molecular weight is 265 g/mol. The molecule has 0 fully saturated rings. The minimum atomic E-state index is -0.505. The predicted octanol–water partition coefficient (Wildman–Crippen LogP) is 2.09. The first-order chi connectivity index (χ1) is 9.16. The molecule has 7 heteroatoms. The number of nitrogens with one attached hydrogen (secondary N) is 1. The third-order valence-corrected chi connectivity index (χ3v) is 3.30. The van der Waals surface area contributed by atoms with E-state index in [1.165, 1.54) is 0 Å². The van der Waals surface area contributed by atoms with Crippen molar-refractivity contribution in [3.8, 4) is 11.5 Å². The van der Waals surface area contributed by atoms with Crippen LogP contribution >= 0.6 is 0 Å². The summed E-state index contributed by atoms with van der Waals surface area (Å²) < 4.78 is 11.1. The zero-order chi connectivity index (χ0) is 13.9. The van der Waals surface area contributed by atoms with Crippen LogP contribution in [-0.2, 0) is 10.3 Å². The van der Waals surface area contributed by atoms with Gasteiger partial charge < -0.3 is 15.0 Å². The van der Waals surface area contributed by atoms with Crippen LogP contribution < -0.4 is 5.73 Å². The molecule has 2 aromatic rings. The van der Waals surface area contributed by atoms with E-state index >= 15 is 0 Å². The van der Waals surface area contributed by atoms with E-state index in [0.29, 0.717) is 29.7 Å². The molecule has 0 bridgehead atoms. The topological polar surface area (TPSA) is 103 Å². The number of H-pyrrole nitrogens is 1. The molecule has 0 unspecified atom stereocenters. The third-order valence-electron chi connectivity index (χ3n) is 3.30. The molecule has 0 aliphatic carbocycles. The Morgan fingerprint density at radius 3 is 2.63 bits per heavy atom. The van der Waals surface area contributed by atoms with E-state index in [2.05, 4.69) is 20.3 Å². The van der Waals surface area contributed by atoms with Gasteiger partial charge >= 0.3 is 0 Å². The first-order valence-corrected chi connectivity index (χ1v) is 6.44. The van der Waals surface area contributed by atoms with E-state index in [9.17, 15) is 0 Å². The van der Waals surface area contributed by atoms with E-state index in [0.717, 1.165) is 12.8 Å². The van der Waals surface area contributed by atoms with Gasteiger partial charge in [0.1, 0.15) is 17.0 Å². The summed E-state index contributed by atoms with van der Waals surface area (Å²) in [6.07, 6.45) is 3.11. The van der Waals surface area contributed by atoms with Crippen molar-refractivity contribution < 1.29 is 9.26 Å². The van der Waals surface area contributed by atoms with Crippen LogP contribution in [0.4, 0.5) is 5.82 Å². The summed E-state index contributed by atoms with van der Waals surface area (Å²) in [4.78, 5) is 4.40. The maximum atomic E-state index is 5.84. The quantitative estimate of drug-likeness (QED) is 0.829. The van der Waals surface area contributed by atoms with Crippen molar-refractivity contribution in [2.24, 2.45) is 0 Å². The van der Waals surface area contributed by atoms with Crippen LogP contribution in [0, 0.1) is 0 Å². The van der Waals surface area contributed by atoms with Crippen molar-refractivity contribution in [1.29, 1.82) is 0 Å². The maximum Gasteiger partial charge on any atom is 0.263 e. The molecule has 3 N–H and O–H groups in total. The fourth-order valence-corrected chi connectivity index (χ4v) is 2.10. The zero-order valence-electron chi connectivity index (χ0n) is 11.4. The Hall–Kier alpha value is -1.89. The first kappa shape index (κ1) is 13.5. The van der Waals surface area contributed by atoms with Gasteiger partial charge in [0.2, 0.25) is 5.82 Å². The van der Waals surface area contributed by atoms with Crippen LogP contribution in [0.3, 0.4) is 0 Å². The van der Waals surface area contributed by atoms with Crippen molar-refractivity contribution in [1.82, 2.24) is 20.3 Å². The van der Waals surface area contributed by atoms with E-state index < -0.39 is 5.60 Å². The maximum absolute atomic E-state index is 5.84. The van der Waals surface area contributed by atoms with Crippen LogP contribution in [0.2, 0.25) is 0 Å². The molecule has 0 amide bonds. The highest BCUT2D eigenvalue weighted by atomic mass is 16.5. The Labute approximate surface area is 111 Å². The molecule has 2 aromatic heterocycles. The third kappa shape index (κ3) is 2.33. The number of nitrogen functional groups attached to an aromatic ring is 1. The minimum Gasteiger partial charge on any atom is -0.383 e. The van der Waals surface area contributed by atoms with Gasteiger partial charge in [0.25, 0.3) is 5.89 Å². The van der Waals surface area contributed by atoms with Gasteiger partial charge in [-0.1, -0.05) is 19.0 Å². The summed E-state index contributed by atoms with van der Waals surface area (Å²) in [5.74, 6) is 1.31. The van der Waals surface area contributed by atoms with Crippen LogP contribution in [0.25, 0.3) is 11.5 Å². The molecule has 0 spiro atoms. The molecule has 7 nitrogen and oxygen atoms in total. The number of rotatable bonds is 6. The fourth-order valence-electron chi connectivity index (χ4n) is 2.10.